The van der Waals surface area contributed by atoms with E-state index in [2.05, 4.69) is 28.5 Å². The summed E-state index contributed by atoms with van der Waals surface area (Å²) in [4.78, 5) is 3.35. The molecule has 20 heavy (non-hydrogen) atoms. The number of rotatable bonds is 6. The zero-order valence-electron chi connectivity index (χ0n) is 11.9. The van der Waals surface area contributed by atoms with Crippen LogP contribution in [0.4, 0.5) is 0 Å². The first-order valence-corrected chi connectivity index (χ1v) is 6.97. The number of hydrogen-bond donors (Lipinski definition) is 3. The topological polar surface area (TPSA) is 71.8 Å². The van der Waals surface area contributed by atoms with E-state index in [1.807, 2.05) is 32.0 Å². The Morgan fingerprint density at radius 2 is 2.10 bits per heavy atom. The van der Waals surface area contributed by atoms with Crippen molar-refractivity contribution in [3.05, 3.63) is 36.0 Å². The summed E-state index contributed by atoms with van der Waals surface area (Å²) in [6.45, 7) is 4.01. The van der Waals surface area contributed by atoms with Crippen LogP contribution in [0, 0.1) is 17.2 Å². The van der Waals surface area contributed by atoms with E-state index in [0.29, 0.717) is 6.42 Å². The van der Waals surface area contributed by atoms with Gasteiger partial charge >= 0.3 is 0 Å². The summed E-state index contributed by atoms with van der Waals surface area (Å²) in [7, 11) is 0. The van der Waals surface area contributed by atoms with Crippen molar-refractivity contribution in [1.29, 1.82) is 5.26 Å². The highest BCUT2D eigenvalue weighted by molar-refractivity contribution is 5.80. The molecule has 2 rings (SSSR count). The molecule has 1 heterocycles. The number of fused-ring (bicyclic) bond motifs is 1. The van der Waals surface area contributed by atoms with Crippen LogP contribution in [0.5, 0.6) is 0 Å². The molecule has 0 saturated carbocycles. The first kappa shape index (κ1) is 14.6. The highest BCUT2D eigenvalue weighted by Crippen LogP contribution is 2.16. The first-order valence-electron chi connectivity index (χ1n) is 6.97. The van der Waals surface area contributed by atoms with E-state index in [9.17, 15) is 5.11 Å². The fourth-order valence-electron chi connectivity index (χ4n) is 2.32. The van der Waals surface area contributed by atoms with Crippen LogP contribution in [-0.2, 0) is 6.42 Å². The lowest BCUT2D eigenvalue weighted by Crippen LogP contribution is -2.43. The molecular formula is C16H21N3O. The van der Waals surface area contributed by atoms with Crippen molar-refractivity contribution >= 4 is 10.9 Å². The number of aliphatic hydroxyl groups is 1. The summed E-state index contributed by atoms with van der Waals surface area (Å²) in [6, 6.07) is 12.1. The minimum atomic E-state index is -0.239. The van der Waals surface area contributed by atoms with Crippen molar-refractivity contribution in [3.63, 3.8) is 0 Å². The fourth-order valence-corrected chi connectivity index (χ4v) is 2.32. The minimum Gasteiger partial charge on any atom is -0.395 e. The van der Waals surface area contributed by atoms with Crippen LogP contribution in [0.2, 0.25) is 0 Å². The van der Waals surface area contributed by atoms with Crippen molar-refractivity contribution in [2.45, 2.75) is 32.4 Å². The Balaban J connectivity index is 2.08. The average molecular weight is 271 g/mol. The van der Waals surface area contributed by atoms with E-state index in [1.54, 1.807) is 0 Å². The second-order valence-corrected chi connectivity index (χ2v) is 5.48. The lowest BCUT2D eigenvalue weighted by Gasteiger charge is -2.22. The van der Waals surface area contributed by atoms with Gasteiger partial charge in [-0.05, 0) is 23.4 Å². The average Bonchev–Trinajstić information content (AvgIpc) is 2.85. The van der Waals surface area contributed by atoms with Gasteiger partial charge in [0.2, 0.25) is 0 Å². The van der Waals surface area contributed by atoms with Crippen LogP contribution in [-0.4, -0.2) is 28.8 Å². The number of benzene rings is 1. The summed E-state index contributed by atoms with van der Waals surface area (Å²) < 4.78 is 0. The molecule has 0 amide bonds. The Labute approximate surface area is 119 Å². The summed E-state index contributed by atoms with van der Waals surface area (Å²) in [6.07, 6.45) is 0.677. The SMILES string of the molecule is CC(C)[C@H](C#N)N[C@H](CO)Cc1cc2ccccc2[nH]1. The number of H-pyrrole nitrogens is 1. The van der Waals surface area contributed by atoms with Gasteiger partial charge in [0.15, 0.2) is 0 Å². The second-order valence-electron chi connectivity index (χ2n) is 5.48. The Kier molecular flexibility index (Phi) is 4.78. The molecule has 0 spiro atoms. The lowest BCUT2D eigenvalue weighted by molar-refractivity contribution is 0.228. The predicted molar refractivity (Wildman–Crippen MR) is 80.3 cm³/mol. The highest BCUT2D eigenvalue weighted by Gasteiger charge is 2.18. The molecule has 1 aromatic heterocycles. The molecule has 4 nitrogen and oxygen atoms in total. The standard InChI is InChI=1S/C16H21N3O/c1-11(2)16(9-17)19-14(10-20)8-13-7-12-5-3-4-6-15(12)18-13/h3-7,11,14,16,18-20H,8,10H2,1-2H3/t14-,16-/m0/s1. The largest absolute Gasteiger partial charge is 0.395 e. The van der Waals surface area contributed by atoms with Gasteiger partial charge in [0, 0.05) is 23.7 Å². The quantitative estimate of drug-likeness (QED) is 0.754. The minimum absolute atomic E-state index is 0.0142. The maximum atomic E-state index is 9.50. The molecule has 0 aliphatic rings. The van der Waals surface area contributed by atoms with Gasteiger partial charge in [0.05, 0.1) is 18.7 Å². The number of aliphatic hydroxyl groups excluding tert-OH is 1. The smallest absolute Gasteiger partial charge is 0.0979 e. The van der Waals surface area contributed by atoms with Gasteiger partial charge in [-0.1, -0.05) is 32.0 Å². The number of aromatic nitrogens is 1. The number of nitrogens with one attached hydrogen (secondary N) is 2. The highest BCUT2D eigenvalue weighted by atomic mass is 16.3. The Hall–Kier alpha value is -1.83. The molecule has 1 aromatic carbocycles. The van der Waals surface area contributed by atoms with Crippen molar-refractivity contribution in [3.8, 4) is 6.07 Å². The van der Waals surface area contributed by atoms with Crippen molar-refractivity contribution < 1.29 is 5.11 Å². The molecule has 106 valence electrons. The van der Waals surface area contributed by atoms with Crippen LogP contribution in [0.25, 0.3) is 10.9 Å². The molecule has 0 saturated heterocycles. The Bertz CT molecular complexity index is 564. The Morgan fingerprint density at radius 3 is 2.70 bits per heavy atom. The molecule has 0 aliphatic carbocycles. The van der Waals surface area contributed by atoms with Gasteiger partial charge in [-0.2, -0.15) is 5.26 Å². The third-order valence-electron chi connectivity index (χ3n) is 3.49. The van der Waals surface area contributed by atoms with Crippen molar-refractivity contribution in [2.24, 2.45) is 5.92 Å². The van der Waals surface area contributed by atoms with E-state index < -0.39 is 0 Å². The van der Waals surface area contributed by atoms with Crippen molar-refractivity contribution in [1.82, 2.24) is 10.3 Å². The summed E-state index contributed by atoms with van der Waals surface area (Å²) in [5.41, 5.74) is 2.16. The van der Waals surface area contributed by atoms with Gasteiger partial charge in [-0.3, -0.25) is 5.32 Å². The number of aromatic amines is 1. The normalized spacial score (nSPS) is 14.3. The maximum absolute atomic E-state index is 9.50. The number of hydrogen-bond acceptors (Lipinski definition) is 3. The fraction of sp³-hybridized carbons (Fsp3) is 0.438. The predicted octanol–water partition coefficient (Wildman–Crippen LogP) is 2.21. The van der Waals surface area contributed by atoms with Crippen molar-refractivity contribution in [2.75, 3.05) is 6.61 Å². The molecule has 3 N–H and O–H groups in total. The van der Waals surface area contributed by atoms with E-state index in [0.717, 1.165) is 11.2 Å². The number of nitriles is 1. The van der Waals surface area contributed by atoms with Crippen LogP contribution in [0.15, 0.2) is 30.3 Å². The molecule has 2 atom stereocenters. The molecule has 0 aliphatic heterocycles. The Morgan fingerprint density at radius 1 is 1.35 bits per heavy atom. The van der Waals surface area contributed by atoms with Gasteiger partial charge in [-0.25, -0.2) is 0 Å². The summed E-state index contributed by atoms with van der Waals surface area (Å²) >= 11 is 0. The monoisotopic (exact) mass is 271 g/mol. The van der Waals surface area contributed by atoms with Crippen LogP contribution >= 0.6 is 0 Å². The molecule has 2 aromatic rings. The third kappa shape index (κ3) is 3.38. The number of para-hydroxylation sites is 1. The first-order chi connectivity index (χ1) is 9.63. The molecule has 4 heteroatoms. The van der Waals surface area contributed by atoms with E-state index >= 15 is 0 Å². The van der Waals surface area contributed by atoms with Gasteiger partial charge in [0.1, 0.15) is 0 Å². The van der Waals surface area contributed by atoms with E-state index in [1.165, 1.54) is 5.39 Å². The molecular weight excluding hydrogens is 250 g/mol. The molecule has 0 radical (unpaired) electrons. The van der Waals surface area contributed by atoms with E-state index in [4.69, 9.17) is 5.26 Å². The lowest BCUT2D eigenvalue weighted by atomic mass is 10.0. The zero-order valence-corrected chi connectivity index (χ0v) is 11.9. The summed E-state index contributed by atoms with van der Waals surface area (Å²) in [5.74, 6) is 0.219. The molecule has 0 unspecified atom stereocenters. The van der Waals surface area contributed by atoms with Gasteiger partial charge in [0.25, 0.3) is 0 Å². The zero-order chi connectivity index (χ0) is 14.5. The third-order valence-corrected chi connectivity index (χ3v) is 3.49. The van der Waals surface area contributed by atoms with E-state index in [-0.39, 0.29) is 24.6 Å². The van der Waals surface area contributed by atoms with Crippen LogP contribution < -0.4 is 5.32 Å². The molecule has 0 bridgehead atoms. The molecule has 0 fully saturated rings. The summed E-state index contributed by atoms with van der Waals surface area (Å²) in [5, 5.41) is 23.0. The number of nitrogens with zero attached hydrogens (tertiary/aromatic N) is 1. The second kappa shape index (κ2) is 6.56. The van der Waals surface area contributed by atoms with Gasteiger partial charge < -0.3 is 10.1 Å². The maximum Gasteiger partial charge on any atom is 0.0979 e. The van der Waals surface area contributed by atoms with Crippen LogP contribution in [0.1, 0.15) is 19.5 Å². The van der Waals surface area contributed by atoms with Gasteiger partial charge in [-0.15, -0.1) is 0 Å². The van der Waals surface area contributed by atoms with Crippen LogP contribution in [0.3, 0.4) is 0 Å².